The SMILES string of the molecule is CC(C)N1C(c2cccc(Cl)n2)=NN(C)C1C. The molecule has 1 aromatic heterocycles. The van der Waals surface area contributed by atoms with Crippen LogP contribution < -0.4 is 0 Å². The van der Waals surface area contributed by atoms with E-state index in [-0.39, 0.29) is 6.17 Å². The van der Waals surface area contributed by atoms with Gasteiger partial charge in [0.05, 0.1) is 0 Å². The number of rotatable bonds is 2. The van der Waals surface area contributed by atoms with Crippen LogP contribution in [-0.2, 0) is 0 Å². The van der Waals surface area contributed by atoms with Crippen LogP contribution in [0.3, 0.4) is 0 Å². The highest BCUT2D eigenvalue weighted by Crippen LogP contribution is 2.21. The van der Waals surface area contributed by atoms with E-state index in [0.29, 0.717) is 11.2 Å². The van der Waals surface area contributed by atoms with Gasteiger partial charge in [0.2, 0.25) is 0 Å². The Balaban J connectivity index is 2.40. The molecule has 2 heterocycles. The van der Waals surface area contributed by atoms with Crippen LogP contribution >= 0.6 is 11.6 Å². The van der Waals surface area contributed by atoms with Crippen molar-refractivity contribution in [3.05, 3.63) is 29.0 Å². The molecule has 0 radical (unpaired) electrons. The van der Waals surface area contributed by atoms with E-state index >= 15 is 0 Å². The third-order valence-electron chi connectivity index (χ3n) is 2.94. The first-order valence-electron chi connectivity index (χ1n) is 5.73. The molecule has 0 fully saturated rings. The zero-order chi connectivity index (χ0) is 12.6. The minimum absolute atomic E-state index is 0.241. The molecule has 0 bridgehead atoms. The number of hydrogen-bond donors (Lipinski definition) is 0. The maximum atomic E-state index is 5.93. The third-order valence-corrected chi connectivity index (χ3v) is 3.15. The molecule has 0 aromatic carbocycles. The van der Waals surface area contributed by atoms with Crippen molar-refractivity contribution >= 4 is 17.4 Å². The number of halogens is 1. The molecule has 1 aromatic rings. The first-order valence-corrected chi connectivity index (χ1v) is 6.11. The maximum Gasteiger partial charge on any atom is 0.176 e. The zero-order valence-corrected chi connectivity index (χ0v) is 11.3. The van der Waals surface area contributed by atoms with Crippen molar-refractivity contribution in [2.45, 2.75) is 33.0 Å². The summed E-state index contributed by atoms with van der Waals surface area (Å²) in [7, 11) is 1.97. The lowest BCUT2D eigenvalue weighted by atomic mass is 10.2. The summed E-state index contributed by atoms with van der Waals surface area (Å²) in [6.45, 7) is 6.42. The van der Waals surface area contributed by atoms with Crippen molar-refractivity contribution in [1.29, 1.82) is 0 Å². The van der Waals surface area contributed by atoms with Gasteiger partial charge in [0.1, 0.15) is 17.0 Å². The second kappa shape index (κ2) is 4.53. The molecule has 1 unspecified atom stereocenters. The fourth-order valence-corrected chi connectivity index (χ4v) is 2.20. The molecule has 17 heavy (non-hydrogen) atoms. The van der Waals surface area contributed by atoms with Gasteiger partial charge in [0, 0.05) is 13.1 Å². The molecule has 0 aliphatic carbocycles. The summed E-state index contributed by atoms with van der Waals surface area (Å²) < 4.78 is 0. The molecule has 92 valence electrons. The van der Waals surface area contributed by atoms with Gasteiger partial charge in [-0.2, -0.15) is 5.10 Å². The second-order valence-corrected chi connectivity index (χ2v) is 4.86. The van der Waals surface area contributed by atoms with Gasteiger partial charge in [-0.3, -0.25) is 5.01 Å². The monoisotopic (exact) mass is 252 g/mol. The minimum Gasteiger partial charge on any atom is -0.329 e. The average molecular weight is 253 g/mol. The van der Waals surface area contributed by atoms with Gasteiger partial charge in [-0.1, -0.05) is 17.7 Å². The van der Waals surface area contributed by atoms with Gasteiger partial charge in [-0.05, 0) is 32.9 Å². The highest BCUT2D eigenvalue weighted by molar-refractivity contribution is 6.29. The number of aromatic nitrogens is 1. The van der Waals surface area contributed by atoms with Gasteiger partial charge in [0.25, 0.3) is 0 Å². The summed E-state index contributed by atoms with van der Waals surface area (Å²) in [6, 6.07) is 5.98. The Labute approximate surface area is 107 Å². The zero-order valence-electron chi connectivity index (χ0n) is 10.6. The van der Waals surface area contributed by atoms with E-state index in [4.69, 9.17) is 11.6 Å². The standard InChI is InChI=1S/C12H17ClN4/c1-8(2)17-9(3)16(4)15-12(17)10-6-5-7-11(13)14-10/h5-9H,1-4H3. The van der Waals surface area contributed by atoms with Crippen LogP contribution in [0, 0.1) is 0 Å². The van der Waals surface area contributed by atoms with Crippen LogP contribution in [-0.4, -0.2) is 40.0 Å². The van der Waals surface area contributed by atoms with E-state index in [2.05, 4.69) is 35.8 Å². The Morgan fingerprint density at radius 2 is 2.06 bits per heavy atom. The molecule has 5 heteroatoms. The quantitative estimate of drug-likeness (QED) is 0.758. The molecular formula is C12H17ClN4. The lowest BCUT2D eigenvalue weighted by Crippen LogP contribution is -2.43. The van der Waals surface area contributed by atoms with E-state index in [1.54, 1.807) is 6.07 Å². The number of amidine groups is 1. The van der Waals surface area contributed by atoms with Gasteiger partial charge in [0.15, 0.2) is 5.84 Å². The first-order chi connectivity index (χ1) is 8.00. The Hall–Kier alpha value is -1.29. The summed E-state index contributed by atoms with van der Waals surface area (Å²) >= 11 is 5.93. The lowest BCUT2D eigenvalue weighted by molar-refractivity contribution is 0.154. The Morgan fingerprint density at radius 1 is 1.35 bits per heavy atom. The van der Waals surface area contributed by atoms with Crippen LogP contribution in [0.5, 0.6) is 0 Å². The van der Waals surface area contributed by atoms with Crippen molar-refractivity contribution in [3.8, 4) is 0 Å². The highest BCUT2D eigenvalue weighted by Gasteiger charge is 2.31. The number of pyridine rings is 1. The molecule has 0 saturated heterocycles. The summed E-state index contributed by atoms with van der Waals surface area (Å²) in [5.41, 5.74) is 0.822. The van der Waals surface area contributed by atoms with Gasteiger partial charge >= 0.3 is 0 Å². The van der Waals surface area contributed by atoms with Gasteiger partial charge < -0.3 is 4.90 Å². The molecule has 2 rings (SSSR count). The molecule has 0 spiro atoms. The molecule has 0 N–H and O–H groups in total. The van der Waals surface area contributed by atoms with Gasteiger partial charge in [-0.15, -0.1) is 0 Å². The molecule has 1 atom stereocenters. The van der Waals surface area contributed by atoms with E-state index in [0.717, 1.165) is 11.5 Å². The predicted molar refractivity (Wildman–Crippen MR) is 70.0 cm³/mol. The van der Waals surface area contributed by atoms with Crippen LogP contribution in [0.25, 0.3) is 0 Å². The van der Waals surface area contributed by atoms with E-state index in [1.165, 1.54) is 0 Å². The highest BCUT2D eigenvalue weighted by atomic mass is 35.5. The fraction of sp³-hybridized carbons (Fsp3) is 0.500. The average Bonchev–Trinajstić information content (AvgIpc) is 2.55. The number of nitrogens with zero attached hydrogens (tertiary/aromatic N) is 4. The van der Waals surface area contributed by atoms with Gasteiger partial charge in [-0.25, -0.2) is 4.98 Å². The number of hydrogen-bond acceptors (Lipinski definition) is 4. The van der Waals surface area contributed by atoms with Crippen molar-refractivity contribution < 1.29 is 0 Å². The maximum absolute atomic E-state index is 5.93. The Morgan fingerprint density at radius 3 is 2.65 bits per heavy atom. The van der Waals surface area contributed by atoms with Crippen LogP contribution in [0.4, 0.5) is 0 Å². The van der Waals surface area contributed by atoms with Crippen LogP contribution in [0.1, 0.15) is 26.5 Å². The predicted octanol–water partition coefficient (Wildman–Crippen LogP) is 2.40. The summed E-state index contributed by atoms with van der Waals surface area (Å²) in [6.07, 6.45) is 0.241. The van der Waals surface area contributed by atoms with Crippen LogP contribution in [0.15, 0.2) is 23.3 Å². The van der Waals surface area contributed by atoms with Crippen molar-refractivity contribution in [3.63, 3.8) is 0 Å². The van der Waals surface area contributed by atoms with Crippen LogP contribution in [0.2, 0.25) is 5.15 Å². The van der Waals surface area contributed by atoms with E-state index < -0.39 is 0 Å². The fourth-order valence-electron chi connectivity index (χ4n) is 2.03. The largest absolute Gasteiger partial charge is 0.329 e. The van der Waals surface area contributed by atoms with E-state index in [1.807, 2.05) is 24.2 Å². The van der Waals surface area contributed by atoms with Crippen molar-refractivity contribution in [1.82, 2.24) is 14.9 Å². The molecule has 0 amide bonds. The smallest absolute Gasteiger partial charge is 0.176 e. The minimum atomic E-state index is 0.241. The molecule has 4 nitrogen and oxygen atoms in total. The molecule has 1 aliphatic heterocycles. The number of hydrazone groups is 1. The van der Waals surface area contributed by atoms with E-state index in [9.17, 15) is 0 Å². The summed E-state index contributed by atoms with van der Waals surface area (Å²) in [4.78, 5) is 6.56. The molecule has 0 saturated carbocycles. The first kappa shape index (κ1) is 12.2. The lowest BCUT2D eigenvalue weighted by Gasteiger charge is -2.30. The summed E-state index contributed by atoms with van der Waals surface area (Å²) in [5.74, 6) is 0.887. The van der Waals surface area contributed by atoms with Crippen molar-refractivity contribution in [2.24, 2.45) is 5.10 Å². The molecule has 1 aliphatic rings. The topological polar surface area (TPSA) is 31.7 Å². The molecular weight excluding hydrogens is 236 g/mol. The third kappa shape index (κ3) is 2.22. The van der Waals surface area contributed by atoms with Crippen molar-refractivity contribution in [2.75, 3.05) is 7.05 Å². The Bertz CT molecular complexity index is 444. The second-order valence-electron chi connectivity index (χ2n) is 4.48. The normalized spacial score (nSPS) is 20.1. The Kier molecular flexibility index (Phi) is 3.24. The summed E-state index contributed by atoms with van der Waals surface area (Å²) in [5, 5.41) is 6.98.